The van der Waals surface area contributed by atoms with Crippen molar-refractivity contribution in [2.24, 2.45) is 0 Å². The Balaban J connectivity index is 1.60. The van der Waals surface area contributed by atoms with Gasteiger partial charge < -0.3 is 0 Å². The van der Waals surface area contributed by atoms with E-state index in [2.05, 4.69) is 15.2 Å². The fourth-order valence-electron chi connectivity index (χ4n) is 2.05. The van der Waals surface area contributed by atoms with E-state index in [1.54, 1.807) is 0 Å². The molecule has 118 valence electrons. The molecule has 0 saturated carbocycles. The molecule has 0 bridgehead atoms. The number of rotatable bonds is 6. The van der Waals surface area contributed by atoms with E-state index in [4.69, 9.17) is 11.6 Å². The van der Waals surface area contributed by atoms with Crippen LogP contribution in [0.1, 0.15) is 16.8 Å². The van der Waals surface area contributed by atoms with Crippen molar-refractivity contribution in [3.05, 3.63) is 73.3 Å². The minimum Gasteiger partial charge on any atom is -0.298 e. The van der Waals surface area contributed by atoms with Gasteiger partial charge in [-0.1, -0.05) is 53.7 Å². The molecule has 0 aliphatic rings. The largest absolute Gasteiger partial charge is 0.298 e. The summed E-state index contributed by atoms with van der Waals surface area (Å²) in [5.41, 5.74) is 2.60. The van der Waals surface area contributed by atoms with Crippen LogP contribution in [0.2, 0.25) is 4.34 Å². The van der Waals surface area contributed by atoms with Crippen molar-refractivity contribution >= 4 is 34.7 Å². The highest BCUT2D eigenvalue weighted by Gasteiger charge is 2.07. The Bertz CT molecular complexity index is 833. The van der Waals surface area contributed by atoms with Crippen molar-refractivity contribution in [1.82, 2.24) is 15.2 Å². The second-order valence-corrected chi connectivity index (χ2v) is 7.45. The Kier molecular flexibility index (Phi) is 5.48. The highest BCUT2D eigenvalue weighted by Crippen LogP contribution is 2.25. The van der Waals surface area contributed by atoms with E-state index in [1.165, 1.54) is 28.7 Å². The third-order valence-corrected chi connectivity index (χ3v) is 5.31. The molecule has 23 heavy (non-hydrogen) atoms. The van der Waals surface area contributed by atoms with Crippen LogP contribution in [0.3, 0.4) is 0 Å². The maximum atomic E-state index is 12.1. The van der Waals surface area contributed by atoms with Crippen LogP contribution in [0.5, 0.6) is 0 Å². The van der Waals surface area contributed by atoms with Gasteiger partial charge in [-0.05, 0) is 29.0 Å². The van der Waals surface area contributed by atoms with E-state index in [0.717, 1.165) is 16.3 Å². The first-order valence-electron chi connectivity index (χ1n) is 7.06. The number of nitrogens with one attached hydrogen (secondary N) is 1. The van der Waals surface area contributed by atoms with E-state index in [0.29, 0.717) is 23.0 Å². The lowest BCUT2D eigenvalue weighted by molar-refractivity contribution is 0.746. The number of halogens is 1. The van der Waals surface area contributed by atoms with Gasteiger partial charge in [0.05, 0.1) is 4.34 Å². The predicted molar refractivity (Wildman–Crippen MR) is 95.4 cm³/mol. The molecular weight excluding hydrogens is 350 g/mol. The molecular formula is C16H14ClN3OS2. The second kappa shape index (κ2) is 7.77. The van der Waals surface area contributed by atoms with E-state index >= 15 is 0 Å². The van der Waals surface area contributed by atoms with Gasteiger partial charge in [-0.25, -0.2) is 0 Å². The molecule has 0 saturated heterocycles. The molecule has 4 nitrogen and oxygen atoms in total. The molecule has 0 aliphatic heterocycles. The number of thiophene rings is 1. The van der Waals surface area contributed by atoms with Gasteiger partial charge in [0.1, 0.15) is 5.69 Å². The highest BCUT2D eigenvalue weighted by molar-refractivity contribution is 7.98. The first-order valence-corrected chi connectivity index (χ1v) is 9.30. The van der Waals surface area contributed by atoms with Gasteiger partial charge in [0.15, 0.2) is 5.16 Å². The average Bonchev–Trinajstić information content (AvgIpc) is 2.98. The van der Waals surface area contributed by atoms with Gasteiger partial charge in [-0.2, -0.15) is 0 Å². The summed E-state index contributed by atoms with van der Waals surface area (Å²) in [6.07, 6.45) is 1.36. The Hall–Kier alpha value is -1.63. The predicted octanol–water partition coefficient (Wildman–Crippen LogP) is 3.96. The molecule has 0 fully saturated rings. The third-order valence-electron chi connectivity index (χ3n) is 3.23. The van der Waals surface area contributed by atoms with E-state index in [-0.39, 0.29) is 5.56 Å². The molecule has 0 atom stereocenters. The second-order valence-electron chi connectivity index (χ2n) is 4.94. The average molecular weight is 364 g/mol. The Morgan fingerprint density at radius 2 is 1.96 bits per heavy atom. The van der Waals surface area contributed by atoms with Crippen molar-refractivity contribution in [1.29, 1.82) is 0 Å². The minimum absolute atomic E-state index is 0.165. The maximum Gasteiger partial charge on any atom is 0.273 e. The SMILES string of the molecule is O=c1[nH]c(SCc2csc(Cl)c2)nnc1CCc1ccccc1. The summed E-state index contributed by atoms with van der Waals surface area (Å²) >= 11 is 8.83. The molecule has 2 heterocycles. The molecule has 0 spiro atoms. The molecule has 0 unspecified atom stereocenters. The maximum absolute atomic E-state index is 12.1. The van der Waals surface area contributed by atoms with Crippen LogP contribution < -0.4 is 5.56 Å². The topological polar surface area (TPSA) is 58.6 Å². The molecule has 1 N–H and O–H groups in total. The number of nitrogens with zero attached hydrogens (tertiary/aromatic N) is 2. The van der Waals surface area contributed by atoms with Crippen molar-refractivity contribution in [2.45, 2.75) is 23.8 Å². The summed E-state index contributed by atoms with van der Waals surface area (Å²) in [7, 11) is 0. The van der Waals surface area contributed by atoms with Gasteiger partial charge >= 0.3 is 0 Å². The summed E-state index contributed by atoms with van der Waals surface area (Å²) in [5, 5.41) is 10.7. The molecule has 2 aromatic heterocycles. The summed E-state index contributed by atoms with van der Waals surface area (Å²) in [5.74, 6) is 0.706. The van der Waals surface area contributed by atoms with Crippen LogP contribution in [-0.4, -0.2) is 15.2 Å². The molecule has 1 aromatic carbocycles. The Morgan fingerprint density at radius 3 is 2.65 bits per heavy atom. The summed E-state index contributed by atoms with van der Waals surface area (Å²) in [6, 6.07) is 11.9. The number of hydrogen-bond donors (Lipinski definition) is 1. The van der Waals surface area contributed by atoms with Crippen molar-refractivity contribution in [2.75, 3.05) is 0 Å². The Morgan fingerprint density at radius 1 is 1.13 bits per heavy atom. The zero-order valence-electron chi connectivity index (χ0n) is 12.2. The standard InChI is InChI=1S/C16H14ClN3OS2/c17-14-8-12(9-22-14)10-23-16-18-15(21)13(19-20-16)7-6-11-4-2-1-3-5-11/h1-5,8-9H,6-7,10H2,(H,18,20,21). The van der Waals surface area contributed by atoms with Crippen molar-refractivity contribution in [3.63, 3.8) is 0 Å². The lowest BCUT2D eigenvalue weighted by Gasteiger charge is -2.02. The molecule has 0 aliphatic carbocycles. The normalized spacial score (nSPS) is 10.8. The van der Waals surface area contributed by atoms with Crippen LogP contribution in [-0.2, 0) is 18.6 Å². The summed E-state index contributed by atoms with van der Waals surface area (Å²) in [4.78, 5) is 14.9. The first kappa shape index (κ1) is 16.2. The number of H-pyrrole nitrogens is 1. The van der Waals surface area contributed by atoms with Gasteiger partial charge in [-0.15, -0.1) is 21.5 Å². The number of aromatic amines is 1. The number of aromatic nitrogens is 3. The number of aryl methyl sites for hydroxylation is 2. The van der Waals surface area contributed by atoms with Crippen LogP contribution in [0.15, 0.2) is 51.7 Å². The monoisotopic (exact) mass is 363 g/mol. The molecule has 3 aromatic rings. The number of thioether (sulfide) groups is 1. The van der Waals surface area contributed by atoms with Crippen LogP contribution >= 0.6 is 34.7 Å². The summed E-state index contributed by atoms with van der Waals surface area (Å²) in [6.45, 7) is 0. The lowest BCUT2D eigenvalue weighted by atomic mass is 10.1. The van der Waals surface area contributed by atoms with Crippen LogP contribution in [0, 0.1) is 0 Å². The van der Waals surface area contributed by atoms with E-state index in [1.807, 2.05) is 41.8 Å². The van der Waals surface area contributed by atoms with E-state index in [9.17, 15) is 4.79 Å². The zero-order chi connectivity index (χ0) is 16.1. The van der Waals surface area contributed by atoms with Crippen LogP contribution in [0.25, 0.3) is 0 Å². The summed E-state index contributed by atoms with van der Waals surface area (Å²) < 4.78 is 0.761. The molecule has 7 heteroatoms. The first-order chi connectivity index (χ1) is 11.2. The molecule has 3 rings (SSSR count). The van der Waals surface area contributed by atoms with Crippen molar-refractivity contribution < 1.29 is 0 Å². The van der Waals surface area contributed by atoms with Gasteiger partial charge in [0.2, 0.25) is 0 Å². The zero-order valence-corrected chi connectivity index (χ0v) is 14.5. The molecule has 0 amide bonds. The van der Waals surface area contributed by atoms with Crippen molar-refractivity contribution in [3.8, 4) is 0 Å². The van der Waals surface area contributed by atoms with Gasteiger partial charge in [0.25, 0.3) is 5.56 Å². The fraction of sp³-hybridized carbons (Fsp3) is 0.188. The lowest BCUT2D eigenvalue weighted by Crippen LogP contribution is -2.18. The van der Waals surface area contributed by atoms with Gasteiger partial charge in [0, 0.05) is 12.2 Å². The quantitative estimate of drug-likeness (QED) is 0.673. The number of hydrogen-bond acceptors (Lipinski definition) is 5. The highest BCUT2D eigenvalue weighted by atomic mass is 35.5. The third kappa shape index (κ3) is 4.67. The smallest absolute Gasteiger partial charge is 0.273 e. The van der Waals surface area contributed by atoms with E-state index < -0.39 is 0 Å². The van der Waals surface area contributed by atoms with Crippen LogP contribution in [0.4, 0.5) is 0 Å². The Labute approximate surface area is 146 Å². The molecule has 0 radical (unpaired) electrons. The number of benzene rings is 1. The fourth-order valence-corrected chi connectivity index (χ4v) is 3.80. The van der Waals surface area contributed by atoms with Gasteiger partial charge in [-0.3, -0.25) is 9.78 Å². The minimum atomic E-state index is -0.165.